The first kappa shape index (κ1) is 25.7. The van der Waals surface area contributed by atoms with Gasteiger partial charge in [0.15, 0.2) is 0 Å². The van der Waals surface area contributed by atoms with Crippen molar-refractivity contribution in [2.24, 2.45) is 17.5 Å². The van der Waals surface area contributed by atoms with Gasteiger partial charge in [0.1, 0.15) is 5.76 Å². The molecule has 0 radical (unpaired) electrons. The van der Waals surface area contributed by atoms with Crippen LogP contribution in [0.1, 0.15) is 59.6 Å². The van der Waals surface area contributed by atoms with Gasteiger partial charge in [0.2, 0.25) is 0 Å². The number of hydrazine groups is 1. The molecule has 1 aromatic heterocycles. The molecule has 0 saturated carbocycles. The minimum absolute atomic E-state index is 0.0909. The van der Waals surface area contributed by atoms with Crippen molar-refractivity contribution < 1.29 is 9.53 Å². The predicted molar refractivity (Wildman–Crippen MR) is 142 cm³/mol. The molecule has 1 aromatic carbocycles. The first-order chi connectivity index (χ1) is 17.6. The third-order valence-corrected chi connectivity index (χ3v) is 7.06. The first-order valence-electron chi connectivity index (χ1n) is 12.6. The minimum atomic E-state index is -0.435. The summed E-state index contributed by atoms with van der Waals surface area (Å²) in [6, 6.07) is 8.80. The Morgan fingerprint density at radius 1 is 1.28 bits per heavy atom. The monoisotopic (exact) mass is 488 g/mol. The number of hydrogen-bond donors (Lipinski definition) is 4. The van der Waals surface area contributed by atoms with Gasteiger partial charge < -0.3 is 26.1 Å². The van der Waals surface area contributed by atoms with Crippen molar-refractivity contribution in [3.8, 4) is 11.8 Å². The van der Waals surface area contributed by atoms with Crippen molar-refractivity contribution >= 4 is 11.6 Å². The van der Waals surface area contributed by atoms with E-state index in [0.29, 0.717) is 17.2 Å². The zero-order chi connectivity index (χ0) is 25.3. The smallest absolute Gasteiger partial charge is 0.251 e. The van der Waals surface area contributed by atoms with Crippen LogP contribution in [0.3, 0.4) is 0 Å². The van der Waals surface area contributed by atoms with Crippen LogP contribution in [0.5, 0.6) is 0 Å². The third kappa shape index (κ3) is 6.43. The molecule has 1 aliphatic heterocycles. The Labute approximate surface area is 213 Å². The van der Waals surface area contributed by atoms with E-state index in [0.717, 1.165) is 68.6 Å². The van der Waals surface area contributed by atoms with Gasteiger partial charge in [-0.3, -0.25) is 15.6 Å². The molecule has 0 spiro atoms. The number of hydrogen-bond acceptors (Lipinski definition) is 7. The van der Waals surface area contributed by atoms with Crippen LogP contribution in [0.2, 0.25) is 0 Å². The van der Waals surface area contributed by atoms with Crippen LogP contribution in [-0.4, -0.2) is 48.6 Å². The fourth-order valence-corrected chi connectivity index (χ4v) is 4.98. The van der Waals surface area contributed by atoms with Crippen LogP contribution in [0.15, 0.2) is 54.6 Å². The molecule has 190 valence electrons. The third-order valence-electron chi connectivity index (χ3n) is 7.06. The number of carbonyl (C=O) groups is 1. The van der Waals surface area contributed by atoms with Gasteiger partial charge in [-0.25, -0.2) is 0 Å². The van der Waals surface area contributed by atoms with Gasteiger partial charge in [0.25, 0.3) is 5.91 Å². The van der Waals surface area contributed by atoms with Crippen molar-refractivity contribution in [3.63, 3.8) is 0 Å². The summed E-state index contributed by atoms with van der Waals surface area (Å²) in [4.78, 5) is 19.8. The number of carbonyl (C=O) groups excluding carboxylic acids is 1. The highest BCUT2D eigenvalue weighted by Crippen LogP contribution is 2.27. The van der Waals surface area contributed by atoms with E-state index in [9.17, 15) is 4.79 Å². The number of amides is 1. The molecule has 2 aliphatic rings. The number of aromatic nitrogens is 1. The molecule has 6 N–H and O–H groups in total. The lowest BCUT2D eigenvalue weighted by Gasteiger charge is -2.27. The zero-order valence-electron chi connectivity index (χ0n) is 20.9. The highest BCUT2D eigenvalue weighted by Gasteiger charge is 2.24. The normalized spacial score (nSPS) is 20.8. The van der Waals surface area contributed by atoms with E-state index < -0.39 is 6.04 Å². The van der Waals surface area contributed by atoms with Gasteiger partial charge in [-0.1, -0.05) is 18.3 Å². The average molecular weight is 489 g/mol. The van der Waals surface area contributed by atoms with E-state index in [1.165, 1.54) is 0 Å². The van der Waals surface area contributed by atoms with Gasteiger partial charge in [0, 0.05) is 49.0 Å². The number of pyridine rings is 1. The standard InChI is InChI=1S/C28H36N6O2/c1-36-26-8-3-2-6-20(26)13-17-34-16-5-4-7-23(19-34)32-28(35)22-9-10-25(33-30)24(18-22)27(29)21-11-14-31-15-12-21/h8-12,14-15,18,20,23,27,33H,4-7,13,16-17,19,29-30H2,1H3,(H,32,35). The first-order valence-corrected chi connectivity index (χ1v) is 12.6. The van der Waals surface area contributed by atoms with E-state index in [2.05, 4.69) is 32.5 Å². The fraction of sp³-hybridized carbons (Fsp3) is 0.429. The highest BCUT2D eigenvalue weighted by atomic mass is 16.5. The number of nitrogen functional groups attached to an aromatic ring is 1. The summed E-state index contributed by atoms with van der Waals surface area (Å²) in [5.41, 5.74) is 12.1. The number of likely N-dealkylation sites (tertiary alicyclic amines) is 1. The fourth-order valence-electron chi connectivity index (χ4n) is 4.98. The van der Waals surface area contributed by atoms with Crippen molar-refractivity contribution in [1.29, 1.82) is 0 Å². The molecule has 8 nitrogen and oxygen atoms in total. The molecule has 3 unspecified atom stereocenters. The van der Waals surface area contributed by atoms with E-state index in [1.807, 2.05) is 24.3 Å². The Hall–Kier alpha value is -3.38. The molecule has 36 heavy (non-hydrogen) atoms. The van der Waals surface area contributed by atoms with Crippen molar-refractivity contribution in [1.82, 2.24) is 15.2 Å². The summed E-state index contributed by atoms with van der Waals surface area (Å²) >= 11 is 0. The van der Waals surface area contributed by atoms with E-state index in [-0.39, 0.29) is 11.9 Å². The van der Waals surface area contributed by atoms with Crippen LogP contribution >= 0.6 is 0 Å². The molecule has 3 atom stereocenters. The quantitative estimate of drug-likeness (QED) is 0.243. The Morgan fingerprint density at radius 3 is 2.89 bits per heavy atom. The molecule has 0 bridgehead atoms. The van der Waals surface area contributed by atoms with E-state index >= 15 is 0 Å². The van der Waals surface area contributed by atoms with Crippen molar-refractivity contribution in [2.75, 3.05) is 32.2 Å². The predicted octanol–water partition coefficient (Wildman–Crippen LogP) is 2.94. The number of ether oxygens (including phenoxy) is 1. The minimum Gasteiger partial charge on any atom is -0.500 e. The number of rotatable bonds is 9. The lowest BCUT2D eigenvalue weighted by Crippen LogP contribution is -2.43. The van der Waals surface area contributed by atoms with Crippen molar-refractivity contribution in [2.45, 2.75) is 44.2 Å². The molecule has 8 heteroatoms. The topological polar surface area (TPSA) is 119 Å². The summed E-state index contributed by atoms with van der Waals surface area (Å²) in [7, 11) is 1.72. The number of methoxy groups -OCH3 is 1. The maximum atomic E-state index is 13.3. The average Bonchev–Trinajstić information content (AvgIpc) is 3.16. The summed E-state index contributed by atoms with van der Waals surface area (Å²) in [6.45, 7) is 2.84. The SMILES string of the molecule is COC1=CC#CCC1CCN1CCCCC(NC(=O)c2ccc(NN)c(C(N)c3ccncc3)c2)C1. The van der Waals surface area contributed by atoms with Gasteiger partial charge in [-0.2, -0.15) is 0 Å². The van der Waals surface area contributed by atoms with Crippen LogP contribution in [0, 0.1) is 17.8 Å². The van der Waals surface area contributed by atoms with Crippen LogP contribution in [-0.2, 0) is 4.74 Å². The molecule has 1 saturated heterocycles. The second kappa shape index (κ2) is 12.5. The number of nitrogens with one attached hydrogen (secondary N) is 2. The number of benzene rings is 1. The van der Waals surface area contributed by atoms with Gasteiger partial charge in [-0.05, 0) is 73.8 Å². The van der Waals surface area contributed by atoms with E-state index in [1.54, 1.807) is 31.6 Å². The van der Waals surface area contributed by atoms with Crippen LogP contribution in [0.25, 0.3) is 0 Å². The van der Waals surface area contributed by atoms with Crippen molar-refractivity contribution in [3.05, 3.63) is 71.3 Å². The van der Waals surface area contributed by atoms with Gasteiger partial charge >= 0.3 is 0 Å². The molecular weight excluding hydrogens is 452 g/mol. The Bertz CT molecular complexity index is 1120. The largest absolute Gasteiger partial charge is 0.500 e. The molecule has 1 amide bonds. The summed E-state index contributed by atoms with van der Waals surface area (Å²) in [6.07, 6.45) is 10.3. The maximum Gasteiger partial charge on any atom is 0.251 e. The number of nitrogens with two attached hydrogens (primary N) is 2. The highest BCUT2D eigenvalue weighted by molar-refractivity contribution is 5.95. The molecule has 4 rings (SSSR count). The zero-order valence-corrected chi connectivity index (χ0v) is 20.9. The molecule has 2 heterocycles. The Balaban J connectivity index is 1.40. The Morgan fingerprint density at radius 2 is 2.11 bits per heavy atom. The van der Waals surface area contributed by atoms with Crippen LogP contribution in [0.4, 0.5) is 5.69 Å². The lowest BCUT2D eigenvalue weighted by molar-refractivity contribution is 0.0925. The summed E-state index contributed by atoms with van der Waals surface area (Å²) in [5.74, 6) is 13.1. The molecule has 1 aliphatic carbocycles. The summed E-state index contributed by atoms with van der Waals surface area (Å²) in [5, 5.41) is 3.26. The molecular formula is C28H36N6O2. The Kier molecular flexibility index (Phi) is 8.95. The second-order valence-electron chi connectivity index (χ2n) is 9.43. The number of nitrogens with zero attached hydrogens (tertiary/aromatic N) is 2. The maximum absolute atomic E-state index is 13.3. The number of anilines is 1. The van der Waals surface area contributed by atoms with E-state index in [4.69, 9.17) is 16.3 Å². The molecule has 2 aromatic rings. The van der Waals surface area contributed by atoms with Gasteiger partial charge in [-0.15, -0.1) is 0 Å². The number of allylic oxidation sites excluding steroid dienone is 2. The summed E-state index contributed by atoms with van der Waals surface area (Å²) < 4.78 is 5.52. The molecule has 1 fully saturated rings. The second-order valence-corrected chi connectivity index (χ2v) is 9.43. The van der Waals surface area contributed by atoms with Gasteiger partial charge in [0.05, 0.1) is 18.8 Å². The van der Waals surface area contributed by atoms with Crippen LogP contribution < -0.4 is 22.3 Å². The lowest BCUT2D eigenvalue weighted by atomic mass is 9.96.